The van der Waals surface area contributed by atoms with E-state index in [9.17, 15) is 14.4 Å². The van der Waals surface area contributed by atoms with Gasteiger partial charge in [0.25, 0.3) is 11.8 Å². The molecule has 0 bridgehead atoms. The molecule has 2 amide bonds. The maximum absolute atomic E-state index is 12.6. The van der Waals surface area contributed by atoms with Crippen molar-refractivity contribution in [3.05, 3.63) is 59.4 Å². The highest BCUT2D eigenvalue weighted by Crippen LogP contribution is 2.15. The number of pyridine rings is 1. The predicted octanol–water partition coefficient (Wildman–Crippen LogP) is 2.75. The van der Waals surface area contributed by atoms with E-state index in [2.05, 4.69) is 15.0 Å². The van der Waals surface area contributed by atoms with E-state index in [0.717, 1.165) is 32.4 Å². The summed E-state index contributed by atoms with van der Waals surface area (Å²) < 4.78 is 4.64. The lowest BCUT2D eigenvalue weighted by molar-refractivity contribution is 0.0600. The molecular formula is C20H21N3O4. The molecule has 0 aliphatic carbocycles. The van der Waals surface area contributed by atoms with E-state index < -0.39 is 5.97 Å². The van der Waals surface area contributed by atoms with E-state index in [1.165, 1.54) is 19.5 Å². The first kappa shape index (κ1) is 18.6. The molecule has 0 unspecified atom stereocenters. The zero-order chi connectivity index (χ0) is 19.2. The number of esters is 1. The van der Waals surface area contributed by atoms with Crippen molar-refractivity contribution < 1.29 is 19.1 Å². The molecule has 1 fully saturated rings. The van der Waals surface area contributed by atoms with E-state index in [1.807, 2.05) is 0 Å². The third kappa shape index (κ3) is 4.49. The van der Waals surface area contributed by atoms with Crippen molar-refractivity contribution in [2.45, 2.75) is 19.3 Å². The first-order valence-corrected chi connectivity index (χ1v) is 8.82. The summed E-state index contributed by atoms with van der Waals surface area (Å²) in [7, 11) is 1.31. The zero-order valence-corrected chi connectivity index (χ0v) is 15.1. The minimum absolute atomic E-state index is 0.0979. The molecule has 1 aliphatic rings. The molecule has 1 aromatic heterocycles. The molecule has 1 saturated heterocycles. The highest BCUT2D eigenvalue weighted by molar-refractivity contribution is 6.06. The van der Waals surface area contributed by atoms with Gasteiger partial charge in [-0.05, 0) is 49.6 Å². The van der Waals surface area contributed by atoms with Crippen LogP contribution in [-0.4, -0.2) is 47.9 Å². The summed E-state index contributed by atoms with van der Waals surface area (Å²) >= 11 is 0. The highest BCUT2D eigenvalue weighted by Gasteiger charge is 2.19. The van der Waals surface area contributed by atoms with Crippen molar-refractivity contribution in [2.75, 3.05) is 25.5 Å². The number of benzene rings is 1. The molecule has 140 valence electrons. The van der Waals surface area contributed by atoms with E-state index in [1.54, 1.807) is 35.2 Å². The quantitative estimate of drug-likeness (QED) is 0.840. The van der Waals surface area contributed by atoms with Gasteiger partial charge in [0.1, 0.15) is 0 Å². The molecule has 1 aliphatic heterocycles. The number of anilines is 1. The van der Waals surface area contributed by atoms with Crippen molar-refractivity contribution in [2.24, 2.45) is 0 Å². The van der Waals surface area contributed by atoms with Gasteiger partial charge in [0, 0.05) is 31.2 Å². The van der Waals surface area contributed by atoms with Crippen LogP contribution in [0.1, 0.15) is 50.3 Å². The fraction of sp³-hybridized carbons (Fsp3) is 0.300. The molecule has 27 heavy (non-hydrogen) atoms. The van der Waals surface area contributed by atoms with Crippen LogP contribution in [0.25, 0.3) is 0 Å². The number of rotatable bonds is 4. The summed E-state index contributed by atoms with van der Waals surface area (Å²) in [4.78, 5) is 42.3. The standard InChI is InChI=1S/C20H21N3O4/c1-27-20(26)14-5-7-17(8-6-14)22-18(24)15-11-16(13-21-12-15)19(25)23-9-3-2-4-10-23/h5-8,11-13H,2-4,9-10H2,1H3,(H,22,24). The number of piperidine rings is 1. The minimum Gasteiger partial charge on any atom is -0.465 e. The second-order valence-corrected chi connectivity index (χ2v) is 6.34. The van der Waals surface area contributed by atoms with Crippen LogP contribution in [0.5, 0.6) is 0 Å². The molecule has 0 spiro atoms. The number of carbonyl (C=O) groups excluding carboxylic acids is 3. The SMILES string of the molecule is COC(=O)c1ccc(NC(=O)c2cncc(C(=O)N3CCCCC3)c2)cc1. The smallest absolute Gasteiger partial charge is 0.337 e. The van der Waals surface area contributed by atoms with Crippen LogP contribution < -0.4 is 5.32 Å². The molecule has 1 aromatic carbocycles. The normalized spacial score (nSPS) is 13.7. The number of aromatic nitrogens is 1. The lowest BCUT2D eigenvalue weighted by atomic mass is 10.1. The van der Waals surface area contributed by atoms with Crippen LogP contribution in [0.2, 0.25) is 0 Å². The molecule has 0 atom stereocenters. The number of nitrogens with one attached hydrogen (secondary N) is 1. The van der Waals surface area contributed by atoms with Gasteiger partial charge in [-0.1, -0.05) is 0 Å². The van der Waals surface area contributed by atoms with Gasteiger partial charge in [-0.15, -0.1) is 0 Å². The average Bonchev–Trinajstić information content (AvgIpc) is 2.74. The van der Waals surface area contributed by atoms with Crippen LogP contribution in [-0.2, 0) is 4.74 Å². The van der Waals surface area contributed by atoms with E-state index in [0.29, 0.717) is 22.4 Å². The van der Waals surface area contributed by atoms with Gasteiger partial charge in [0.2, 0.25) is 0 Å². The zero-order valence-electron chi connectivity index (χ0n) is 15.1. The Hall–Kier alpha value is -3.22. The number of amides is 2. The minimum atomic E-state index is -0.444. The van der Waals surface area contributed by atoms with Gasteiger partial charge < -0.3 is 15.0 Å². The van der Waals surface area contributed by atoms with Crippen molar-refractivity contribution in [3.63, 3.8) is 0 Å². The van der Waals surface area contributed by atoms with Crippen LogP contribution in [0.3, 0.4) is 0 Å². The molecule has 1 N–H and O–H groups in total. The first-order chi connectivity index (χ1) is 13.1. The lowest BCUT2D eigenvalue weighted by Crippen LogP contribution is -2.35. The number of nitrogens with zero attached hydrogens (tertiary/aromatic N) is 2. The second kappa shape index (κ2) is 8.44. The van der Waals surface area contributed by atoms with Gasteiger partial charge in [0.05, 0.1) is 23.8 Å². The molecule has 2 heterocycles. The summed E-state index contributed by atoms with van der Waals surface area (Å²) in [6.07, 6.45) is 6.05. The van der Waals surface area contributed by atoms with Gasteiger partial charge in [-0.3, -0.25) is 14.6 Å². The lowest BCUT2D eigenvalue weighted by Gasteiger charge is -2.26. The Balaban J connectivity index is 1.69. The number of methoxy groups -OCH3 is 1. The number of carbonyl (C=O) groups is 3. The van der Waals surface area contributed by atoms with Crippen molar-refractivity contribution in [3.8, 4) is 0 Å². The van der Waals surface area contributed by atoms with Gasteiger partial charge >= 0.3 is 5.97 Å². The Kier molecular flexibility index (Phi) is 5.80. The van der Waals surface area contributed by atoms with E-state index >= 15 is 0 Å². The van der Waals surface area contributed by atoms with Gasteiger partial charge in [0.15, 0.2) is 0 Å². The number of hydrogen-bond donors (Lipinski definition) is 1. The largest absolute Gasteiger partial charge is 0.465 e. The van der Waals surface area contributed by atoms with E-state index in [-0.39, 0.29) is 11.8 Å². The van der Waals surface area contributed by atoms with Crippen LogP contribution in [0, 0.1) is 0 Å². The van der Waals surface area contributed by atoms with E-state index in [4.69, 9.17) is 0 Å². The number of hydrogen-bond acceptors (Lipinski definition) is 5. The van der Waals surface area contributed by atoms with Gasteiger partial charge in [-0.25, -0.2) is 4.79 Å². The Morgan fingerprint density at radius 1 is 0.963 bits per heavy atom. The molecule has 0 saturated carbocycles. The van der Waals surface area contributed by atoms with Crippen LogP contribution in [0.15, 0.2) is 42.7 Å². The molecule has 2 aromatic rings. The summed E-state index contributed by atoms with van der Waals surface area (Å²) in [6.45, 7) is 1.48. The third-order valence-corrected chi connectivity index (χ3v) is 4.45. The summed E-state index contributed by atoms with van der Waals surface area (Å²) in [5, 5.41) is 2.73. The van der Waals surface area contributed by atoms with Crippen molar-refractivity contribution >= 4 is 23.5 Å². The van der Waals surface area contributed by atoms with Crippen molar-refractivity contribution in [1.82, 2.24) is 9.88 Å². The predicted molar refractivity (Wildman–Crippen MR) is 99.7 cm³/mol. The average molecular weight is 367 g/mol. The first-order valence-electron chi connectivity index (χ1n) is 8.82. The summed E-state index contributed by atoms with van der Waals surface area (Å²) in [5.74, 6) is -0.915. The summed E-state index contributed by atoms with van der Waals surface area (Å²) in [5.41, 5.74) is 1.63. The van der Waals surface area contributed by atoms with Crippen LogP contribution in [0.4, 0.5) is 5.69 Å². The van der Waals surface area contributed by atoms with Gasteiger partial charge in [-0.2, -0.15) is 0 Å². The maximum atomic E-state index is 12.6. The van der Waals surface area contributed by atoms with Crippen LogP contribution >= 0.6 is 0 Å². The molecule has 7 heteroatoms. The molecule has 0 radical (unpaired) electrons. The summed E-state index contributed by atoms with van der Waals surface area (Å²) in [6, 6.07) is 7.91. The highest BCUT2D eigenvalue weighted by atomic mass is 16.5. The molecular weight excluding hydrogens is 346 g/mol. The van der Waals surface area contributed by atoms with Crippen molar-refractivity contribution in [1.29, 1.82) is 0 Å². The second-order valence-electron chi connectivity index (χ2n) is 6.34. The molecule has 3 rings (SSSR count). The third-order valence-electron chi connectivity index (χ3n) is 4.45. The topological polar surface area (TPSA) is 88.6 Å². The maximum Gasteiger partial charge on any atom is 0.337 e. The monoisotopic (exact) mass is 367 g/mol. The fourth-order valence-electron chi connectivity index (χ4n) is 2.97. The Morgan fingerprint density at radius 3 is 2.30 bits per heavy atom. The Bertz CT molecular complexity index is 843. The Morgan fingerprint density at radius 2 is 1.63 bits per heavy atom. The molecule has 7 nitrogen and oxygen atoms in total. The fourth-order valence-corrected chi connectivity index (χ4v) is 2.97. The number of ether oxygens (including phenoxy) is 1. The number of likely N-dealkylation sites (tertiary alicyclic amines) is 1. The Labute approximate surface area is 157 Å².